The first-order valence-corrected chi connectivity index (χ1v) is 7.60. The fourth-order valence-electron chi connectivity index (χ4n) is 2.68. The summed E-state index contributed by atoms with van der Waals surface area (Å²) >= 11 is 3.68. The molecule has 1 aliphatic rings. The number of hydrogen-bond donors (Lipinski definition) is 0. The lowest BCUT2D eigenvalue weighted by Gasteiger charge is -2.30. The van der Waals surface area contributed by atoms with Gasteiger partial charge in [0.1, 0.15) is 0 Å². The maximum absolute atomic E-state index is 5.73. The molecule has 1 nitrogen and oxygen atoms in total. The minimum atomic E-state index is 0.370. The van der Waals surface area contributed by atoms with Gasteiger partial charge in [0.15, 0.2) is 0 Å². The van der Waals surface area contributed by atoms with E-state index in [0.29, 0.717) is 11.5 Å². The highest BCUT2D eigenvalue weighted by Gasteiger charge is 2.39. The fourth-order valence-corrected chi connectivity index (χ4v) is 3.70. The van der Waals surface area contributed by atoms with Crippen LogP contribution in [0, 0.1) is 5.41 Å². The smallest absolute Gasteiger partial charge is 0.0612 e. The minimum Gasteiger partial charge on any atom is -0.378 e. The first kappa shape index (κ1) is 13.1. The van der Waals surface area contributed by atoms with Gasteiger partial charge in [-0.25, -0.2) is 0 Å². The maximum Gasteiger partial charge on any atom is 0.0612 e. The number of benzene rings is 1. The van der Waals surface area contributed by atoms with Gasteiger partial charge in [0.05, 0.1) is 6.10 Å². The molecule has 0 bridgehead atoms. The molecule has 1 fully saturated rings. The van der Waals surface area contributed by atoms with Crippen LogP contribution in [0.2, 0.25) is 0 Å². The number of hydrogen-bond acceptors (Lipinski definition) is 1. The van der Waals surface area contributed by atoms with Crippen molar-refractivity contribution in [2.24, 2.45) is 5.41 Å². The largest absolute Gasteiger partial charge is 0.378 e. The van der Waals surface area contributed by atoms with Crippen LogP contribution in [0.3, 0.4) is 0 Å². The van der Waals surface area contributed by atoms with E-state index in [9.17, 15) is 0 Å². The van der Waals surface area contributed by atoms with Crippen LogP contribution in [0.5, 0.6) is 0 Å². The summed E-state index contributed by atoms with van der Waals surface area (Å²) in [6.45, 7) is 3.15. The van der Waals surface area contributed by atoms with Gasteiger partial charge < -0.3 is 4.74 Å². The van der Waals surface area contributed by atoms with Gasteiger partial charge in [0.25, 0.3) is 0 Å². The van der Waals surface area contributed by atoms with E-state index in [1.807, 2.05) is 0 Å². The third kappa shape index (κ3) is 3.11. The van der Waals surface area contributed by atoms with Crippen molar-refractivity contribution >= 4 is 15.9 Å². The maximum atomic E-state index is 5.73. The van der Waals surface area contributed by atoms with Crippen LogP contribution in [0.25, 0.3) is 0 Å². The third-order valence-electron chi connectivity index (χ3n) is 4.08. The van der Waals surface area contributed by atoms with Crippen molar-refractivity contribution in [3.63, 3.8) is 0 Å². The lowest BCUT2D eigenvalue weighted by molar-refractivity contribution is 0.0697. The molecule has 1 aliphatic heterocycles. The Kier molecular flexibility index (Phi) is 4.63. The zero-order valence-corrected chi connectivity index (χ0v) is 12.1. The van der Waals surface area contributed by atoms with Gasteiger partial charge in [0.2, 0.25) is 0 Å². The monoisotopic (exact) mass is 296 g/mol. The summed E-state index contributed by atoms with van der Waals surface area (Å²) < 4.78 is 5.73. The summed E-state index contributed by atoms with van der Waals surface area (Å²) in [5, 5.41) is 1.07. The molecule has 2 heteroatoms. The summed E-state index contributed by atoms with van der Waals surface area (Å²) in [6.07, 6.45) is 5.30. The van der Waals surface area contributed by atoms with Crippen LogP contribution < -0.4 is 0 Å². The molecule has 1 saturated heterocycles. The molecule has 0 radical (unpaired) electrons. The minimum absolute atomic E-state index is 0.370. The second kappa shape index (κ2) is 6.01. The molecule has 1 aromatic carbocycles. The van der Waals surface area contributed by atoms with E-state index in [1.54, 1.807) is 0 Å². The van der Waals surface area contributed by atoms with Crippen LogP contribution in [0.15, 0.2) is 30.3 Å². The standard InChI is InChI=1S/C15H21BrO/c1-13-15(12-16,10-11-17-13)9-5-8-14-6-3-2-4-7-14/h2-4,6-7,13H,5,8-12H2,1H3. The Balaban J connectivity index is 1.85. The third-order valence-corrected chi connectivity index (χ3v) is 5.20. The highest BCUT2D eigenvalue weighted by atomic mass is 79.9. The van der Waals surface area contributed by atoms with Crippen LogP contribution in [0.1, 0.15) is 31.7 Å². The fraction of sp³-hybridized carbons (Fsp3) is 0.600. The molecule has 1 heterocycles. The Bertz CT molecular complexity index is 338. The molecule has 2 unspecified atom stereocenters. The van der Waals surface area contributed by atoms with Crippen molar-refractivity contribution < 1.29 is 4.74 Å². The molecule has 0 aliphatic carbocycles. The summed E-state index contributed by atoms with van der Waals surface area (Å²) in [4.78, 5) is 0. The zero-order valence-electron chi connectivity index (χ0n) is 10.5. The SMILES string of the molecule is CC1OCCC1(CBr)CCCc1ccccc1. The number of alkyl halides is 1. The van der Waals surface area contributed by atoms with Crippen molar-refractivity contribution in [3.05, 3.63) is 35.9 Å². The molecule has 2 atom stereocenters. The van der Waals surface area contributed by atoms with Crippen molar-refractivity contribution in [1.29, 1.82) is 0 Å². The van der Waals surface area contributed by atoms with Gasteiger partial charge in [-0.05, 0) is 38.2 Å². The average Bonchev–Trinajstić information content (AvgIpc) is 2.73. The van der Waals surface area contributed by atoms with Gasteiger partial charge >= 0.3 is 0 Å². The van der Waals surface area contributed by atoms with E-state index >= 15 is 0 Å². The summed E-state index contributed by atoms with van der Waals surface area (Å²) in [5.41, 5.74) is 1.82. The van der Waals surface area contributed by atoms with Gasteiger partial charge in [-0.2, -0.15) is 0 Å². The molecule has 0 spiro atoms. The van der Waals surface area contributed by atoms with E-state index in [2.05, 4.69) is 53.2 Å². The van der Waals surface area contributed by atoms with Gasteiger partial charge in [-0.15, -0.1) is 0 Å². The van der Waals surface area contributed by atoms with E-state index < -0.39 is 0 Å². The molecular formula is C15H21BrO. The highest BCUT2D eigenvalue weighted by Crippen LogP contribution is 2.41. The van der Waals surface area contributed by atoms with Gasteiger partial charge in [-0.1, -0.05) is 46.3 Å². The molecule has 17 heavy (non-hydrogen) atoms. The Morgan fingerprint density at radius 2 is 2.12 bits per heavy atom. The predicted octanol–water partition coefficient (Wildman–Crippen LogP) is 4.20. The average molecular weight is 297 g/mol. The van der Waals surface area contributed by atoms with Crippen molar-refractivity contribution in [1.82, 2.24) is 0 Å². The van der Waals surface area contributed by atoms with Crippen LogP contribution >= 0.6 is 15.9 Å². The lowest BCUT2D eigenvalue weighted by atomic mass is 9.79. The van der Waals surface area contributed by atoms with Crippen molar-refractivity contribution in [2.45, 2.75) is 38.7 Å². The summed E-state index contributed by atoms with van der Waals surface area (Å²) in [7, 11) is 0. The second-order valence-corrected chi connectivity index (χ2v) is 5.66. The van der Waals surface area contributed by atoms with Gasteiger partial charge in [-0.3, -0.25) is 0 Å². The predicted molar refractivity (Wildman–Crippen MR) is 75.6 cm³/mol. The molecule has 0 N–H and O–H groups in total. The molecule has 1 aromatic rings. The first-order chi connectivity index (χ1) is 8.27. The molecule has 2 rings (SSSR count). The second-order valence-electron chi connectivity index (χ2n) is 5.10. The zero-order chi connectivity index (χ0) is 12.1. The van der Waals surface area contributed by atoms with Crippen molar-refractivity contribution in [3.8, 4) is 0 Å². The number of halogens is 1. The molecule has 0 saturated carbocycles. The quantitative estimate of drug-likeness (QED) is 0.740. The number of aryl methyl sites for hydroxylation is 1. The Morgan fingerprint density at radius 1 is 1.35 bits per heavy atom. The first-order valence-electron chi connectivity index (χ1n) is 6.48. The highest BCUT2D eigenvalue weighted by molar-refractivity contribution is 9.09. The molecule has 0 aromatic heterocycles. The normalized spacial score (nSPS) is 28.5. The Hall–Kier alpha value is -0.340. The van der Waals surface area contributed by atoms with E-state index in [-0.39, 0.29) is 0 Å². The van der Waals surface area contributed by atoms with E-state index in [1.165, 1.54) is 31.2 Å². The molecule has 94 valence electrons. The Labute approximate surface area is 113 Å². The topological polar surface area (TPSA) is 9.23 Å². The van der Waals surface area contributed by atoms with E-state index in [4.69, 9.17) is 4.74 Å². The van der Waals surface area contributed by atoms with Crippen LogP contribution in [0.4, 0.5) is 0 Å². The van der Waals surface area contributed by atoms with Crippen LogP contribution in [-0.2, 0) is 11.2 Å². The summed E-state index contributed by atoms with van der Waals surface area (Å²) in [6, 6.07) is 10.8. The molecule has 0 amide bonds. The number of ether oxygens (including phenoxy) is 1. The van der Waals surface area contributed by atoms with Crippen molar-refractivity contribution in [2.75, 3.05) is 11.9 Å². The molecular weight excluding hydrogens is 276 g/mol. The Morgan fingerprint density at radius 3 is 2.71 bits per heavy atom. The van der Waals surface area contributed by atoms with E-state index in [0.717, 1.165) is 11.9 Å². The van der Waals surface area contributed by atoms with Crippen LogP contribution in [-0.4, -0.2) is 18.0 Å². The summed E-state index contributed by atoms with van der Waals surface area (Å²) in [5.74, 6) is 0. The number of rotatable bonds is 5. The lowest BCUT2D eigenvalue weighted by Crippen LogP contribution is -2.30. The van der Waals surface area contributed by atoms with Gasteiger partial charge in [0, 0.05) is 17.4 Å².